The van der Waals surface area contributed by atoms with E-state index < -0.39 is 0 Å². The Kier molecular flexibility index (Phi) is 8.51. The molecule has 0 aromatic carbocycles. The largest absolute Gasteiger partial charge is 0.460 e. The first-order valence-corrected chi connectivity index (χ1v) is 16.8. The van der Waals surface area contributed by atoms with Crippen molar-refractivity contribution in [1.82, 2.24) is 10.6 Å². The van der Waals surface area contributed by atoms with Gasteiger partial charge in [-0.1, -0.05) is 18.1 Å². The van der Waals surface area contributed by atoms with Crippen molar-refractivity contribution in [2.24, 2.45) is 23.7 Å². The molecule has 7 rings (SSSR count). The van der Waals surface area contributed by atoms with Crippen molar-refractivity contribution in [2.75, 3.05) is 20.3 Å². The van der Waals surface area contributed by atoms with Gasteiger partial charge in [-0.15, -0.1) is 0 Å². The number of nitrogens with one attached hydrogen (secondary N) is 2. The number of hydrogen-bond acceptors (Lipinski definition) is 6. The van der Waals surface area contributed by atoms with E-state index in [4.69, 9.17) is 31.2 Å². The van der Waals surface area contributed by atoms with E-state index in [1.807, 2.05) is 0 Å². The summed E-state index contributed by atoms with van der Waals surface area (Å²) in [6.07, 6.45) is 15.9. The maximum Gasteiger partial charge on any atom is 0.306 e. The molecule has 41 heavy (non-hydrogen) atoms. The fourth-order valence-electron chi connectivity index (χ4n) is 9.62. The SMILES string of the molecule is CO[C@@H]1[C@H](OC(=O)CCCCCNC(=S)NC23CC4CC(CC(C4)C2)C3)CC[C@]2(CO2)[C@H]1[C@@]1(C)O[C@@H]1CC=C(C)C. The van der Waals surface area contributed by atoms with Crippen molar-refractivity contribution in [3.05, 3.63) is 11.6 Å². The summed E-state index contributed by atoms with van der Waals surface area (Å²) < 4.78 is 24.4. The molecule has 2 saturated heterocycles. The van der Waals surface area contributed by atoms with Crippen LogP contribution in [0.4, 0.5) is 0 Å². The normalized spacial score (nSPS) is 43.5. The number of methoxy groups -OCH3 is 1. The number of hydrogen-bond donors (Lipinski definition) is 2. The Morgan fingerprint density at radius 3 is 2.37 bits per heavy atom. The number of epoxide rings is 2. The molecule has 0 aromatic rings. The number of carbonyl (C=O) groups is 1. The van der Waals surface area contributed by atoms with Crippen LogP contribution in [0.25, 0.3) is 0 Å². The van der Waals surface area contributed by atoms with Gasteiger partial charge < -0.3 is 29.6 Å². The third-order valence-corrected chi connectivity index (χ3v) is 11.5. The van der Waals surface area contributed by atoms with Crippen molar-refractivity contribution in [3.8, 4) is 0 Å². The van der Waals surface area contributed by atoms with Gasteiger partial charge in [0.25, 0.3) is 0 Å². The summed E-state index contributed by atoms with van der Waals surface area (Å²) in [5.41, 5.74) is 1.04. The van der Waals surface area contributed by atoms with Gasteiger partial charge >= 0.3 is 5.97 Å². The molecule has 5 saturated carbocycles. The first-order chi connectivity index (χ1) is 19.6. The highest BCUT2D eigenvalue weighted by molar-refractivity contribution is 7.80. The molecular formula is C33H52N2O5S. The quantitative estimate of drug-likeness (QED) is 0.100. The lowest BCUT2D eigenvalue weighted by atomic mass is 9.53. The van der Waals surface area contributed by atoms with Crippen LogP contribution in [0, 0.1) is 23.7 Å². The zero-order chi connectivity index (χ0) is 28.8. The molecule has 2 aliphatic heterocycles. The Morgan fingerprint density at radius 1 is 1.07 bits per heavy atom. The van der Waals surface area contributed by atoms with Gasteiger partial charge in [0.2, 0.25) is 0 Å². The Hall–Kier alpha value is -1.22. The van der Waals surface area contributed by atoms with Crippen LogP contribution in [-0.4, -0.2) is 66.4 Å². The molecule has 4 bridgehead atoms. The second-order valence-corrected chi connectivity index (χ2v) is 15.2. The maximum absolute atomic E-state index is 12.9. The zero-order valence-electron chi connectivity index (χ0n) is 25.7. The molecule has 2 N–H and O–H groups in total. The summed E-state index contributed by atoms with van der Waals surface area (Å²) in [6, 6.07) is 0. The van der Waals surface area contributed by atoms with E-state index in [-0.39, 0.29) is 46.9 Å². The molecular weight excluding hydrogens is 536 g/mol. The highest BCUT2D eigenvalue weighted by Gasteiger charge is 2.72. The second-order valence-electron chi connectivity index (χ2n) is 14.8. The second kappa shape index (κ2) is 11.7. The van der Waals surface area contributed by atoms with Gasteiger partial charge in [0.05, 0.1) is 18.6 Å². The van der Waals surface area contributed by atoms with E-state index in [1.54, 1.807) is 7.11 Å². The van der Waals surface area contributed by atoms with Crippen LogP contribution in [0.5, 0.6) is 0 Å². The standard InChI is InChI=1S/C33H52N2O5S/c1-21(2)9-10-26-31(3,40-26)29-28(37-4)25(11-12-33(29)20-38-33)39-27(36)8-6-5-7-13-34-30(41)35-32-17-22-14-23(18-32)16-24(15-22)19-32/h9,22-26,28-29H,5-8,10-20H2,1-4H3,(H2,34,35,41)/t22?,23?,24?,25-,26-,28-,29-,31+,32?,33+/m1/s1. The summed E-state index contributed by atoms with van der Waals surface area (Å²) in [7, 11) is 1.73. The van der Waals surface area contributed by atoms with Crippen LogP contribution in [0.1, 0.15) is 104 Å². The van der Waals surface area contributed by atoms with E-state index in [1.165, 1.54) is 44.1 Å². The van der Waals surface area contributed by atoms with Crippen LogP contribution < -0.4 is 10.6 Å². The molecule has 230 valence electrons. The Labute approximate surface area is 252 Å². The van der Waals surface area contributed by atoms with E-state index >= 15 is 0 Å². The van der Waals surface area contributed by atoms with Gasteiger partial charge in [0.1, 0.15) is 23.4 Å². The third-order valence-electron chi connectivity index (χ3n) is 11.3. The lowest BCUT2D eigenvalue weighted by Gasteiger charge is -2.57. The molecule has 8 heteroatoms. The fourth-order valence-corrected chi connectivity index (χ4v) is 9.94. The van der Waals surface area contributed by atoms with Crippen LogP contribution >= 0.6 is 12.2 Å². The van der Waals surface area contributed by atoms with Crippen molar-refractivity contribution < 1.29 is 23.7 Å². The van der Waals surface area contributed by atoms with Gasteiger partial charge in [-0.25, -0.2) is 0 Å². The lowest BCUT2D eigenvalue weighted by molar-refractivity contribution is -0.172. The predicted octanol–water partition coefficient (Wildman–Crippen LogP) is 5.60. The fraction of sp³-hybridized carbons (Fsp3) is 0.879. The number of esters is 1. The number of allylic oxidation sites excluding steroid dienone is 1. The first-order valence-electron chi connectivity index (χ1n) is 16.4. The minimum Gasteiger partial charge on any atom is -0.460 e. The number of rotatable bonds is 12. The Morgan fingerprint density at radius 2 is 1.76 bits per heavy atom. The summed E-state index contributed by atoms with van der Waals surface area (Å²) in [5, 5.41) is 8.01. The smallest absolute Gasteiger partial charge is 0.306 e. The monoisotopic (exact) mass is 588 g/mol. The molecule has 2 heterocycles. The number of thiocarbonyl (C=S) groups is 1. The van der Waals surface area contributed by atoms with Gasteiger partial charge in [-0.2, -0.15) is 0 Å². The Bertz CT molecular complexity index is 988. The molecule has 7 nitrogen and oxygen atoms in total. The van der Waals surface area contributed by atoms with Crippen molar-refractivity contribution >= 4 is 23.3 Å². The van der Waals surface area contributed by atoms with Gasteiger partial charge in [-0.05, 0) is 121 Å². The number of carbonyl (C=O) groups excluding carboxylic acids is 1. The topological polar surface area (TPSA) is 84.7 Å². The molecule has 1 spiro atoms. The third kappa shape index (κ3) is 6.37. The molecule has 7 aliphatic rings. The molecule has 5 aliphatic carbocycles. The lowest BCUT2D eigenvalue weighted by Crippen LogP contribution is -2.61. The molecule has 0 aromatic heterocycles. The summed E-state index contributed by atoms with van der Waals surface area (Å²) in [4.78, 5) is 12.9. The molecule has 0 radical (unpaired) electrons. The van der Waals surface area contributed by atoms with Crippen LogP contribution in [0.2, 0.25) is 0 Å². The highest BCUT2D eigenvalue weighted by Crippen LogP contribution is 2.60. The average molecular weight is 589 g/mol. The highest BCUT2D eigenvalue weighted by atomic mass is 32.1. The summed E-state index contributed by atoms with van der Waals surface area (Å²) in [6.45, 7) is 8.00. The molecule has 0 unspecified atom stereocenters. The maximum atomic E-state index is 12.9. The van der Waals surface area contributed by atoms with Gasteiger partial charge in [-0.3, -0.25) is 4.79 Å². The summed E-state index contributed by atoms with van der Waals surface area (Å²) >= 11 is 5.69. The molecule has 0 amide bonds. The van der Waals surface area contributed by atoms with Crippen LogP contribution in [0.3, 0.4) is 0 Å². The van der Waals surface area contributed by atoms with Crippen molar-refractivity contribution in [3.63, 3.8) is 0 Å². The summed E-state index contributed by atoms with van der Waals surface area (Å²) in [5.74, 6) is 2.66. The van der Waals surface area contributed by atoms with E-state index in [0.717, 1.165) is 74.5 Å². The van der Waals surface area contributed by atoms with Gasteiger partial charge in [0, 0.05) is 25.6 Å². The number of unbranched alkanes of at least 4 members (excludes halogenated alkanes) is 2. The minimum absolute atomic E-state index is 0.0593. The molecule has 6 atom stereocenters. The molecule has 7 fully saturated rings. The average Bonchev–Trinajstić information content (AvgIpc) is 3.81. The Balaban J connectivity index is 0.904. The van der Waals surface area contributed by atoms with Gasteiger partial charge in [0.15, 0.2) is 5.11 Å². The van der Waals surface area contributed by atoms with Crippen LogP contribution in [0.15, 0.2) is 11.6 Å². The van der Waals surface area contributed by atoms with E-state index in [0.29, 0.717) is 6.42 Å². The van der Waals surface area contributed by atoms with Crippen molar-refractivity contribution in [2.45, 2.75) is 139 Å². The predicted molar refractivity (Wildman–Crippen MR) is 163 cm³/mol. The minimum atomic E-state index is -0.313. The first kappa shape index (κ1) is 29.8. The number of ether oxygens (including phenoxy) is 4. The van der Waals surface area contributed by atoms with Crippen LogP contribution in [-0.2, 0) is 23.7 Å². The zero-order valence-corrected chi connectivity index (χ0v) is 26.5. The van der Waals surface area contributed by atoms with E-state index in [9.17, 15) is 4.79 Å². The van der Waals surface area contributed by atoms with Crippen molar-refractivity contribution in [1.29, 1.82) is 0 Å². The van der Waals surface area contributed by atoms with E-state index in [2.05, 4.69) is 37.5 Å².